The van der Waals surface area contributed by atoms with E-state index in [0.717, 1.165) is 21.4 Å². The molecule has 0 saturated heterocycles. The molecule has 0 saturated carbocycles. The second-order valence-electron chi connectivity index (χ2n) is 5.29. The van der Waals surface area contributed by atoms with Gasteiger partial charge in [0.15, 0.2) is 0 Å². The van der Waals surface area contributed by atoms with Crippen LogP contribution in [0.1, 0.15) is 29.7 Å². The van der Waals surface area contributed by atoms with Gasteiger partial charge in [-0.3, -0.25) is 0 Å². The van der Waals surface area contributed by atoms with Crippen LogP contribution in [0.5, 0.6) is 0 Å². The molecule has 0 aromatic heterocycles. The van der Waals surface area contributed by atoms with Gasteiger partial charge in [0.2, 0.25) is 0 Å². The van der Waals surface area contributed by atoms with E-state index in [1.807, 2.05) is 18.2 Å². The molecule has 1 N–H and O–H groups in total. The average Bonchev–Trinajstić information content (AvgIpc) is 2.36. The second-order valence-corrected chi connectivity index (χ2v) is 6.15. The van der Waals surface area contributed by atoms with Gasteiger partial charge in [0.25, 0.3) is 0 Å². The minimum Gasteiger partial charge on any atom is -0.389 e. The molecular formula is C17H20BrNO. The molecule has 0 aliphatic rings. The maximum atomic E-state index is 9.63. The Morgan fingerprint density at radius 2 is 1.65 bits per heavy atom. The molecule has 106 valence electrons. The van der Waals surface area contributed by atoms with Crippen molar-refractivity contribution in [2.45, 2.75) is 26.9 Å². The highest BCUT2D eigenvalue weighted by molar-refractivity contribution is 9.10. The van der Waals surface area contributed by atoms with Gasteiger partial charge in [0, 0.05) is 17.2 Å². The Morgan fingerprint density at radius 3 is 2.15 bits per heavy atom. The lowest BCUT2D eigenvalue weighted by atomic mass is 10.1. The second kappa shape index (κ2) is 5.98. The number of hydrogen-bond donors (Lipinski definition) is 1. The average molecular weight is 334 g/mol. The van der Waals surface area contributed by atoms with Crippen LogP contribution in [0, 0.1) is 13.8 Å². The first-order chi connectivity index (χ1) is 9.38. The lowest BCUT2D eigenvalue weighted by molar-refractivity contribution is 0.199. The highest BCUT2D eigenvalue weighted by atomic mass is 79.9. The summed E-state index contributed by atoms with van der Waals surface area (Å²) in [6.07, 6.45) is -0.452. The quantitative estimate of drug-likeness (QED) is 0.864. The fourth-order valence-electron chi connectivity index (χ4n) is 2.34. The van der Waals surface area contributed by atoms with Crippen LogP contribution in [0.25, 0.3) is 0 Å². The third-order valence-electron chi connectivity index (χ3n) is 3.41. The fraction of sp³-hybridized carbons (Fsp3) is 0.294. The molecule has 2 nitrogen and oxygen atoms in total. The van der Waals surface area contributed by atoms with E-state index in [1.54, 1.807) is 6.92 Å². The Kier molecular flexibility index (Phi) is 4.51. The molecule has 20 heavy (non-hydrogen) atoms. The van der Waals surface area contributed by atoms with Gasteiger partial charge in [-0.2, -0.15) is 0 Å². The van der Waals surface area contributed by atoms with Crippen molar-refractivity contribution in [2.75, 3.05) is 11.9 Å². The van der Waals surface area contributed by atoms with Crippen LogP contribution in [-0.4, -0.2) is 12.2 Å². The Balaban J connectivity index is 2.40. The molecule has 2 rings (SSSR count). The molecule has 2 aromatic rings. The van der Waals surface area contributed by atoms with E-state index in [2.05, 4.69) is 59.9 Å². The highest BCUT2D eigenvalue weighted by Gasteiger charge is 2.11. The monoisotopic (exact) mass is 333 g/mol. The highest BCUT2D eigenvalue weighted by Crippen LogP contribution is 2.33. The Morgan fingerprint density at radius 1 is 1.05 bits per heavy atom. The minimum atomic E-state index is -0.452. The van der Waals surface area contributed by atoms with E-state index in [0.29, 0.717) is 0 Å². The summed E-state index contributed by atoms with van der Waals surface area (Å²) in [5.41, 5.74) is 5.66. The van der Waals surface area contributed by atoms with Gasteiger partial charge in [-0.1, -0.05) is 12.1 Å². The van der Waals surface area contributed by atoms with Gasteiger partial charge >= 0.3 is 0 Å². The smallest absolute Gasteiger partial charge is 0.0762 e. The number of anilines is 2. The number of benzene rings is 2. The molecule has 1 unspecified atom stereocenters. The summed E-state index contributed by atoms with van der Waals surface area (Å²) in [5, 5.41) is 9.63. The molecule has 0 fully saturated rings. The molecule has 0 heterocycles. The molecule has 0 radical (unpaired) electrons. The van der Waals surface area contributed by atoms with Gasteiger partial charge in [-0.25, -0.2) is 0 Å². The van der Waals surface area contributed by atoms with Gasteiger partial charge in [0.05, 0.1) is 11.8 Å². The summed E-state index contributed by atoms with van der Waals surface area (Å²) in [6, 6.07) is 12.5. The zero-order chi connectivity index (χ0) is 14.9. The molecule has 0 aliphatic carbocycles. The molecular weight excluding hydrogens is 314 g/mol. The number of nitrogens with zero attached hydrogens (tertiary/aromatic N) is 1. The molecule has 0 spiro atoms. The van der Waals surface area contributed by atoms with Crippen LogP contribution in [-0.2, 0) is 0 Å². The van der Waals surface area contributed by atoms with Crippen LogP contribution < -0.4 is 4.90 Å². The summed E-state index contributed by atoms with van der Waals surface area (Å²) in [5.74, 6) is 0. The number of aryl methyl sites for hydroxylation is 2. The summed E-state index contributed by atoms with van der Waals surface area (Å²) in [4.78, 5) is 2.15. The van der Waals surface area contributed by atoms with Crippen molar-refractivity contribution in [2.24, 2.45) is 0 Å². The standard InChI is InChI=1S/C17H20BrNO/c1-11-7-12(2)9-15(8-11)19(4)17-6-5-14(13(3)20)10-16(17)18/h5-10,13,20H,1-4H3. The van der Waals surface area contributed by atoms with Crippen LogP contribution in [0.3, 0.4) is 0 Å². The number of rotatable bonds is 3. The number of aliphatic hydroxyl groups excluding tert-OH is 1. The Bertz CT molecular complexity index is 602. The third kappa shape index (κ3) is 3.22. The van der Waals surface area contributed by atoms with E-state index in [9.17, 15) is 5.11 Å². The maximum absolute atomic E-state index is 9.63. The molecule has 0 bridgehead atoms. The van der Waals surface area contributed by atoms with E-state index in [-0.39, 0.29) is 0 Å². The summed E-state index contributed by atoms with van der Waals surface area (Å²) in [7, 11) is 2.05. The van der Waals surface area contributed by atoms with Crippen LogP contribution in [0.15, 0.2) is 40.9 Å². The molecule has 3 heteroatoms. The van der Waals surface area contributed by atoms with Crippen LogP contribution in [0.4, 0.5) is 11.4 Å². The topological polar surface area (TPSA) is 23.5 Å². The fourth-order valence-corrected chi connectivity index (χ4v) is 3.00. The maximum Gasteiger partial charge on any atom is 0.0762 e. The molecule has 2 aromatic carbocycles. The number of hydrogen-bond acceptors (Lipinski definition) is 2. The van der Waals surface area contributed by atoms with Crippen LogP contribution in [0.2, 0.25) is 0 Å². The third-order valence-corrected chi connectivity index (χ3v) is 4.04. The minimum absolute atomic E-state index is 0.452. The zero-order valence-corrected chi connectivity index (χ0v) is 13.9. The van der Waals surface area contributed by atoms with E-state index in [1.165, 1.54) is 11.1 Å². The normalized spacial score (nSPS) is 12.3. The largest absolute Gasteiger partial charge is 0.389 e. The van der Waals surface area contributed by atoms with Crippen molar-refractivity contribution in [1.29, 1.82) is 0 Å². The first kappa shape index (κ1) is 15.1. The van der Waals surface area contributed by atoms with Crippen molar-refractivity contribution in [3.8, 4) is 0 Å². The van der Waals surface area contributed by atoms with E-state index >= 15 is 0 Å². The number of aliphatic hydroxyl groups is 1. The van der Waals surface area contributed by atoms with E-state index < -0.39 is 6.10 Å². The molecule has 1 atom stereocenters. The van der Waals surface area contributed by atoms with Crippen LogP contribution >= 0.6 is 15.9 Å². The van der Waals surface area contributed by atoms with Crippen molar-refractivity contribution >= 4 is 27.3 Å². The van der Waals surface area contributed by atoms with Crippen molar-refractivity contribution in [3.63, 3.8) is 0 Å². The predicted molar refractivity (Wildman–Crippen MR) is 88.8 cm³/mol. The van der Waals surface area contributed by atoms with Crippen molar-refractivity contribution in [3.05, 3.63) is 57.6 Å². The SMILES string of the molecule is Cc1cc(C)cc(N(C)c2ccc(C(C)O)cc2Br)c1. The van der Waals surface area contributed by atoms with Gasteiger partial charge in [-0.15, -0.1) is 0 Å². The molecule has 0 aliphatic heterocycles. The van der Waals surface area contributed by atoms with Gasteiger partial charge in [0.1, 0.15) is 0 Å². The van der Waals surface area contributed by atoms with E-state index in [4.69, 9.17) is 0 Å². The predicted octanol–water partition coefficient (Wildman–Crippen LogP) is 4.89. The molecule has 0 amide bonds. The van der Waals surface area contributed by atoms with Crippen molar-refractivity contribution in [1.82, 2.24) is 0 Å². The first-order valence-corrected chi connectivity index (χ1v) is 7.47. The summed E-state index contributed by atoms with van der Waals surface area (Å²) in [6.45, 7) is 5.99. The zero-order valence-electron chi connectivity index (χ0n) is 12.3. The Hall–Kier alpha value is -1.32. The summed E-state index contributed by atoms with van der Waals surface area (Å²) >= 11 is 3.60. The van der Waals surface area contributed by atoms with Gasteiger partial charge < -0.3 is 10.0 Å². The summed E-state index contributed by atoms with van der Waals surface area (Å²) < 4.78 is 0.984. The lowest BCUT2D eigenvalue weighted by Gasteiger charge is -2.23. The lowest BCUT2D eigenvalue weighted by Crippen LogP contribution is -2.11. The van der Waals surface area contributed by atoms with Crippen molar-refractivity contribution < 1.29 is 5.11 Å². The number of halogens is 1. The Labute approximate surface area is 129 Å². The first-order valence-electron chi connectivity index (χ1n) is 6.68. The van der Waals surface area contributed by atoms with Gasteiger partial charge in [-0.05, 0) is 77.7 Å².